The minimum atomic E-state index is -4.82. The lowest BCUT2D eigenvalue weighted by Crippen LogP contribution is -2.43. The van der Waals surface area contributed by atoms with Gasteiger partial charge in [-0.25, -0.2) is 4.79 Å². The smallest absolute Gasteiger partial charge is 0.406 e. The van der Waals surface area contributed by atoms with E-state index in [-0.39, 0.29) is 11.8 Å². The first-order chi connectivity index (χ1) is 15.5. The monoisotopic (exact) mass is 474 g/mol. The van der Waals surface area contributed by atoms with Gasteiger partial charge in [-0.05, 0) is 74.9 Å². The van der Waals surface area contributed by atoms with Crippen molar-refractivity contribution in [1.82, 2.24) is 0 Å². The largest absolute Gasteiger partial charge is 0.573 e. The molecule has 1 unspecified atom stereocenters. The SMILES string of the molecule is Cc1ccc(N2C(=O)N(c3ccc(Cl)cc3)C(c3cccc(OC(F)(F)F)c3)C2(C)C)cc1. The van der Waals surface area contributed by atoms with Crippen LogP contribution in [0.2, 0.25) is 5.02 Å². The van der Waals surface area contributed by atoms with Crippen LogP contribution in [0.5, 0.6) is 5.75 Å². The quantitative estimate of drug-likeness (QED) is 0.392. The first kappa shape index (κ1) is 23.0. The molecule has 1 atom stereocenters. The van der Waals surface area contributed by atoms with Crippen LogP contribution in [0.3, 0.4) is 0 Å². The number of carbonyl (C=O) groups is 1. The third kappa shape index (κ3) is 4.50. The molecule has 3 aromatic rings. The van der Waals surface area contributed by atoms with Crippen molar-refractivity contribution >= 4 is 29.0 Å². The van der Waals surface area contributed by atoms with Crippen molar-refractivity contribution in [2.75, 3.05) is 9.80 Å². The molecule has 0 aliphatic carbocycles. The minimum Gasteiger partial charge on any atom is -0.406 e. The number of nitrogens with zero attached hydrogens (tertiary/aromatic N) is 2. The number of anilines is 2. The summed E-state index contributed by atoms with van der Waals surface area (Å²) in [5.41, 5.74) is 2.02. The highest BCUT2D eigenvalue weighted by Crippen LogP contribution is 2.48. The number of ether oxygens (including phenoxy) is 1. The van der Waals surface area contributed by atoms with E-state index in [2.05, 4.69) is 4.74 Å². The molecule has 1 heterocycles. The van der Waals surface area contributed by atoms with Crippen LogP contribution in [-0.2, 0) is 0 Å². The van der Waals surface area contributed by atoms with E-state index in [0.29, 0.717) is 22.0 Å². The lowest BCUT2D eigenvalue weighted by atomic mass is 9.87. The maximum Gasteiger partial charge on any atom is 0.573 e. The molecule has 0 radical (unpaired) electrons. The zero-order valence-electron chi connectivity index (χ0n) is 18.2. The Morgan fingerprint density at radius 1 is 0.939 bits per heavy atom. The summed E-state index contributed by atoms with van der Waals surface area (Å²) < 4.78 is 42.7. The Bertz CT molecular complexity index is 1160. The molecule has 8 heteroatoms. The highest BCUT2D eigenvalue weighted by Gasteiger charge is 2.53. The number of aryl methyl sites for hydroxylation is 1. The highest BCUT2D eigenvalue weighted by molar-refractivity contribution is 6.30. The second kappa shape index (κ2) is 8.30. The molecule has 4 rings (SSSR count). The molecule has 1 saturated heterocycles. The first-order valence-corrected chi connectivity index (χ1v) is 10.7. The van der Waals surface area contributed by atoms with Gasteiger partial charge in [0.15, 0.2) is 0 Å². The zero-order valence-corrected chi connectivity index (χ0v) is 19.0. The summed E-state index contributed by atoms with van der Waals surface area (Å²) in [6, 6.07) is 19.2. The summed E-state index contributed by atoms with van der Waals surface area (Å²) in [7, 11) is 0. The van der Waals surface area contributed by atoms with E-state index in [1.165, 1.54) is 18.2 Å². The first-order valence-electron chi connectivity index (χ1n) is 10.3. The van der Waals surface area contributed by atoms with Gasteiger partial charge in [-0.15, -0.1) is 13.2 Å². The number of amides is 2. The average molecular weight is 475 g/mol. The fraction of sp³-hybridized carbons (Fsp3) is 0.240. The molecule has 0 spiro atoms. The van der Waals surface area contributed by atoms with Gasteiger partial charge in [0.25, 0.3) is 0 Å². The van der Waals surface area contributed by atoms with Gasteiger partial charge < -0.3 is 4.74 Å². The lowest BCUT2D eigenvalue weighted by molar-refractivity contribution is -0.274. The Labute approximate surface area is 195 Å². The van der Waals surface area contributed by atoms with Crippen molar-refractivity contribution in [1.29, 1.82) is 0 Å². The Hall–Kier alpha value is -3.19. The summed E-state index contributed by atoms with van der Waals surface area (Å²) in [4.78, 5) is 17.1. The van der Waals surface area contributed by atoms with E-state index in [9.17, 15) is 18.0 Å². The molecule has 0 N–H and O–H groups in total. The van der Waals surface area contributed by atoms with E-state index >= 15 is 0 Å². The molecule has 1 fully saturated rings. The number of urea groups is 1. The molecule has 4 nitrogen and oxygen atoms in total. The predicted octanol–water partition coefficient (Wildman–Crippen LogP) is 7.51. The number of halogens is 4. The van der Waals surface area contributed by atoms with Crippen LogP contribution in [0, 0.1) is 6.92 Å². The Balaban J connectivity index is 1.86. The number of hydrogen-bond acceptors (Lipinski definition) is 2. The summed E-state index contributed by atoms with van der Waals surface area (Å²) in [6.07, 6.45) is -4.82. The van der Waals surface area contributed by atoms with E-state index < -0.39 is 17.9 Å². The standard InChI is InChI=1S/C25H22ClF3N2O2/c1-16-7-11-20(12-8-16)31-23(32)30(19-13-9-18(26)10-14-19)22(24(31,2)3)17-5-4-6-21(15-17)33-25(27,28)29/h4-15,22H,1-3H3. The van der Waals surface area contributed by atoms with Crippen LogP contribution < -0.4 is 14.5 Å². The molecule has 0 saturated carbocycles. The molecule has 0 aromatic heterocycles. The number of hydrogen-bond donors (Lipinski definition) is 0. The third-order valence-corrected chi connectivity index (χ3v) is 5.96. The maximum absolute atomic E-state index is 13.8. The minimum absolute atomic E-state index is 0.293. The van der Waals surface area contributed by atoms with Crippen LogP contribution in [0.15, 0.2) is 72.8 Å². The van der Waals surface area contributed by atoms with Gasteiger partial charge >= 0.3 is 12.4 Å². The molecule has 3 aromatic carbocycles. The molecular formula is C25H22ClF3N2O2. The Morgan fingerprint density at radius 2 is 1.55 bits per heavy atom. The molecule has 1 aliphatic rings. The fourth-order valence-corrected chi connectivity index (χ4v) is 4.47. The summed E-state index contributed by atoms with van der Waals surface area (Å²) >= 11 is 6.05. The molecule has 172 valence electrons. The van der Waals surface area contributed by atoms with Gasteiger partial charge in [0, 0.05) is 16.4 Å². The van der Waals surface area contributed by atoms with Gasteiger partial charge in [0.2, 0.25) is 0 Å². The third-order valence-electron chi connectivity index (χ3n) is 5.71. The lowest BCUT2D eigenvalue weighted by Gasteiger charge is -2.35. The Kier molecular flexibility index (Phi) is 5.78. The number of alkyl halides is 3. The van der Waals surface area contributed by atoms with E-state index in [4.69, 9.17) is 11.6 Å². The van der Waals surface area contributed by atoms with Crippen molar-refractivity contribution in [2.45, 2.75) is 38.7 Å². The zero-order chi connectivity index (χ0) is 24.0. The molecular weight excluding hydrogens is 453 g/mol. The van der Waals surface area contributed by atoms with E-state index in [1.54, 1.807) is 40.1 Å². The highest BCUT2D eigenvalue weighted by atomic mass is 35.5. The van der Waals surface area contributed by atoms with Gasteiger partial charge in [-0.3, -0.25) is 9.80 Å². The molecule has 1 aliphatic heterocycles. The number of benzene rings is 3. The van der Waals surface area contributed by atoms with Gasteiger partial charge in [-0.2, -0.15) is 0 Å². The molecule has 33 heavy (non-hydrogen) atoms. The number of carbonyl (C=O) groups excluding carboxylic acids is 1. The number of rotatable bonds is 4. The van der Waals surface area contributed by atoms with E-state index in [0.717, 1.165) is 5.56 Å². The van der Waals surface area contributed by atoms with Crippen LogP contribution in [0.1, 0.15) is 31.0 Å². The van der Waals surface area contributed by atoms with Gasteiger partial charge in [0.1, 0.15) is 5.75 Å². The van der Waals surface area contributed by atoms with Crippen LogP contribution in [0.4, 0.5) is 29.3 Å². The Morgan fingerprint density at radius 3 is 2.15 bits per heavy atom. The molecule has 0 bridgehead atoms. The second-order valence-electron chi connectivity index (χ2n) is 8.48. The predicted molar refractivity (Wildman–Crippen MR) is 123 cm³/mol. The normalized spacial score (nSPS) is 18.0. The summed E-state index contributed by atoms with van der Waals surface area (Å²) in [5, 5.41) is 0.511. The van der Waals surface area contributed by atoms with Gasteiger partial charge in [-0.1, -0.05) is 41.4 Å². The summed E-state index contributed by atoms with van der Waals surface area (Å²) in [5.74, 6) is -0.340. The van der Waals surface area contributed by atoms with Crippen molar-refractivity contribution in [3.8, 4) is 5.75 Å². The van der Waals surface area contributed by atoms with Crippen molar-refractivity contribution in [3.05, 3.63) is 88.9 Å². The van der Waals surface area contributed by atoms with Crippen molar-refractivity contribution in [3.63, 3.8) is 0 Å². The fourth-order valence-electron chi connectivity index (χ4n) is 4.34. The maximum atomic E-state index is 13.8. The second-order valence-corrected chi connectivity index (χ2v) is 8.91. The molecule has 2 amide bonds. The van der Waals surface area contributed by atoms with Gasteiger partial charge in [0.05, 0.1) is 11.6 Å². The van der Waals surface area contributed by atoms with Crippen molar-refractivity contribution < 1.29 is 22.7 Å². The van der Waals surface area contributed by atoms with Crippen LogP contribution in [-0.4, -0.2) is 17.9 Å². The summed E-state index contributed by atoms with van der Waals surface area (Å²) in [6.45, 7) is 5.74. The van der Waals surface area contributed by atoms with Crippen LogP contribution in [0.25, 0.3) is 0 Å². The topological polar surface area (TPSA) is 32.8 Å². The van der Waals surface area contributed by atoms with E-state index in [1.807, 2.05) is 45.0 Å². The van der Waals surface area contributed by atoms with Crippen LogP contribution >= 0.6 is 11.6 Å². The average Bonchev–Trinajstić information content (AvgIpc) is 2.93. The van der Waals surface area contributed by atoms with Crippen molar-refractivity contribution in [2.24, 2.45) is 0 Å².